The molecule has 0 radical (unpaired) electrons. The molecular weight excluding hydrogens is 322 g/mol. The first-order chi connectivity index (χ1) is 10.9. The lowest BCUT2D eigenvalue weighted by Gasteiger charge is -2.25. The van der Waals surface area contributed by atoms with Gasteiger partial charge in [-0.05, 0) is 36.1 Å². The van der Waals surface area contributed by atoms with Crippen molar-refractivity contribution in [2.75, 3.05) is 13.6 Å². The van der Waals surface area contributed by atoms with E-state index in [2.05, 4.69) is 5.32 Å². The van der Waals surface area contributed by atoms with Gasteiger partial charge in [-0.3, -0.25) is 9.59 Å². The predicted molar refractivity (Wildman–Crippen MR) is 84.2 cm³/mol. The molecule has 1 unspecified atom stereocenters. The summed E-state index contributed by atoms with van der Waals surface area (Å²) in [5.41, 5.74) is 0.476. The van der Waals surface area contributed by atoms with E-state index in [9.17, 15) is 18.4 Å². The normalized spacial score (nSPS) is 11.8. The summed E-state index contributed by atoms with van der Waals surface area (Å²) in [6.45, 7) is 1.53. The van der Waals surface area contributed by atoms with Gasteiger partial charge in [-0.2, -0.15) is 0 Å². The summed E-state index contributed by atoms with van der Waals surface area (Å²) in [6.07, 6.45) is 0. The first kappa shape index (κ1) is 17.1. The summed E-state index contributed by atoms with van der Waals surface area (Å²) < 4.78 is 26.2. The van der Waals surface area contributed by atoms with Crippen LogP contribution >= 0.6 is 11.3 Å². The molecule has 2 aromatic rings. The van der Waals surface area contributed by atoms with E-state index in [-0.39, 0.29) is 18.4 Å². The quantitative estimate of drug-likeness (QED) is 0.911. The molecule has 1 N–H and O–H groups in total. The van der Waals surface area contributed by atoms with Crippen molar-refractivity contribution < 1.29 is 18.4 Å². The van der Waals surface area contributed by atoms with Crippen molar-refractivity contribution in [3.63, 3.8) is 0 Å². The van der Waals surface area contributed by atoms with Crippen molar-refractivity contribution in [2.45, 2.75) is 13.0 Å². The number of amides is 2. The van der Waals surface area contributed by atoms with E-state index in [0.717, 1.165) is 12.1 Å². The summed E-state index contributed by atoms with van der Waals surface area (Å²) >= 11 is 1.28. The lowest BCUT2D eigenvalue weighted by atomic mass is 10.1. The average molecular weight is 338 g/mol. The van der Waals surface area contributed by atoms with Crippen LogP contribution in [0, 0.1) is 11.6 Å². The number of benzene rings is 1. The van der Waals surface area contributed by atoms with Gasteiger partial charge in [-0.1, -0.05) is 12.1 Å². The number of carbonyl (C=O) groups is 2. The average Bonchev–Trinajstić information content (AvgIpc) is 3.08. The Bertz CT molecular complexity index is 704. The molecule has 0 aliphatic carbocycles. The van der Waals surface area contributed by atoms with Crippen LogP contribution < -0.4 is 5.32 Å². The highest BCUT2D eigenvalue weighted by Crippen LogP contribution is 2.20. The molecule has 1 atom stereocenters. The summed E-state index contributed by atoms with van der Waals surface area (Å²) in [7, 11) is 1.55. The molecule has 0 fully saturated rings. The Labute approximate surface area is 136 Å². The number of nitrogens with one attached hydrogen (secondary N) is 1. The Morgan fingerprint density at radius 1 is 1.26 bits per heavy atom. The fourth-order valence-corrected chi connectivity index (χ4v) is 2.63. The molecule has 0 aliphatic heterocycles. The molecule has 1 aromatic carbocycles. The highest BCUT2D eigenvalue weighted by molar-refractivity contribution is 7.12. The largest absolute Gasteiger partial charge is 0.342 e. The third-order valence-electron chi connectivity index (χ3n) is 3.55. The number of halogens is 2. The third kappa shape index (κ3) is 4.13. The Kier molecular flexibility index (Phi) is 5.44. The van der Waals surface area contributed by atoms with Crippen molar-refractivity contribution in [1.29, 1.82) is 0 Å². The standard InChI is InChI=1S/C16H16F2N2O2S/c1-10(11-5-6-12(17)13(18)8-11)20(2)15(21)9-19-16(22)14-4-3-7-23-14/h3-8,10H,9H2,1-2H3,(H,19,22). The van der Waals surface area contributed by atoms with E-state index in [1.807, 2.05) is 0 Å². The van der Waals surface area contributed by atoms with E-state index < -0.39 is 17.7 Å². The van der Waals surface area contributed by atoms with Gasteiger partial charge in [0.1, 0.15) is 0 Å². The minimum atomic E-state index is -0.957. The van der Waals surface area contributed by atoms with Gasteiger partial charge >= 0.3 is 0 Å². The Hall–Kier alpha value is -2.28. The Balaban J connectivity index is 1.95. The van der Waals surface area contributed by atoms with Crippen LogP contribution in [0.1, 0.15) is 28.2 Å². The molecule has 1 heterocycles. The summed E-state index contributed by atoms with van der Waals surface area (Å²) in [5, 5.41) is 4.31. The molecule has 122 valence electrons. The molecule has 1 aromatic heterocycles. The van der Waals surface area contributed by atoms with Crippen LogP contribution in [0.2, 0.25) is 0 Å². The summed E-state index contributed by atoms with van der Waals surface area (Å²) in [6, 6.07) is 6.48. The van der Waals surface area contributed by atoms with Gasteiger partial charge in [-0.15, -0.1) is 11.3 Å². The Morgan fingerprint density at radius 2 is 2.00 bits per heavy atom. The zero-order valence-electron chi connectivity index (χ0n) is 12.7. The second kappa shape index (κ2) is 7.32. The molecule has 7 heteroatoms. The minimum Gasteiger partial charge on any atom is -0.342 e. The molecule has 0 bridgehead atoms. The van der Waals surface area contributed by atoms with Crippen molar-refractivity contribution >= 4 is 23.2 Å². The van der Waals surface area contributed by atoms with Gasteiger partial charge in [0.2, 0.25) is 5.91 Å². The van der Waals surface area contributed by atoms with Crippen molar-refractivity contribution in [3.05, 3.63) is 57.8 Å². The number of carbonyl (C=O) groups excluding carboxylic acids is 2. The lowest BCUT2D eigenvalue weighted by Crippen LogP contribution is -2.39. The van der Waals surface area contributed by atoms with Crippen LogP contribution in [0.15, 0.2) is 35.7 Å². The smallest absolute Gasteiger partial charge is 0.261 e. The molecule has 0 aliphatic rings. The molecule has 2 rings (SSSR count). The molecule has 0 saturated heterocycles. The molecule has 0 saturated carbocycles. The second-order valence-corrected chi connectivity index (χ2v) is 5.96. The molecule has 0 spiro atoms. The molecule has 23 heavy (non-hydrogen) atoms. The molecular formula is C16H16F2N2O2S. The van der Waals surface area contributed by atoms with E-state index in [1.165, 1.54) is 22.3 Å². The number of hydrogen-bond acceptors (Lipinski definition) is 3. The van der Waals surface area contributed by atoms with Crippen molar-refractivity contribution in [1.82, 2.24) is 10.2 Å². The minimum absolute atomic E-state index is 0.165. The molecule has 2 amide bonds. The Morgan fingerprint density at radius 3 is 2.61 bits per heavy atom. The van der Waals surface area contributed by atoms with Crippen LogP contribution in [0.3, 0.4) is 0 Å². The highest BCUT2D eigenvalue weighted by Gasteiger charge is 2.19. The third-order valence-corrected chi connectivity index (χ3v) is 4.41. The number of thiophene rings is 1. The number of likely N-dealkylation sites (N-methyl/N-ethyl adjacent to an activating group) is 1. The fraction of sp³-hybridized carbons (Fsp3) is 0.250. The first-order valence-corrected chi connectivity index (χ1v) is 7.80. The van der Waals surface area contributed by atoms with Gasteiger partial charge in [0.05, 0.1) is 17.5 Å². The van der Waals surface area contributed by atoms with Crippen LogP contribution in [-0.2, 0) is 4.79 Å². The van der Waals surface area contributed by atoms with Crippen LogP contribution in [0.25, 0.3) is 0 Å². The zero-order valence-corrected chi connectivity index (χ0v) is 13.5. The maximum absolute atomic E-state index is 13.3. The number of nitrogens with zero attached hydrogens (tertiary/aromatic N) is 1. The van der Waals surface area contributed by atoms with E-state index in [1.54, 1.807) is 31.5 Å². The van der Waals surface area contributed by atoms with Gasteiger partial charge < -0.3 is 10.2 Å². The fourth-order valence-electron chi connectivity index (χ4n) is 1.99. The van der Waals surface area contributed by atoms with Crippen LogP contribution in [0.5, 0.6) is 0 Å². The van der Waals surface area contributed by atoms with Crippen molar-refractivity contribution in [3.8, 4) is 0 Å². The summed E-state index contributed by atoms with van der Waals surface area (Å²) in [4.78, 5) is 25.8. The zero-order chi connectivity index (χ0) is 17.0. The second-order valence-electron chi connectivity index (χ2n) is 5.01. The van der Waals surface area contributed by atoms with Gasteiger partial charge in [0.25, 0.3) is 5.91 Å². The van der Waals surface area contributed by atoms with Gasteiger partial charge in [0, 0.05) is 7.05 Å². The van der Waals surface area contributed by atoms with E-state index >= 15 is 0 Å². The maximum atomic E-state index is 13.3. The predicted octanol–water partition coefficient (Wildman–Crippen LogP) is 2.98. The van der Waals surface area contributed by atoms with Gasteiger partial charge in [-0.25, -0.2) is 8.78 Å². The lowest BCUT2D eigenvalue weighted by molar-refractivity contribution is -0.130. The van der Waals surface area contributed by atoms with Crippen LogP contribution in [-0.4, -0.2) is 30.3 Å². The van der Waals surface area contributed by atoms with Crippen LogP contribution in [0.4, 0.5) is 8.78 Å². The monoisotopic (exact) mass is 338 g/mol. The number of rotatable bonds is 5. The van der Waals surface area contributed by atoms with Crippen molar-refractivity contribution in [2.24, 2.45) is 0 Å². The SMILES string of the molecule is CC(c1ccc(F)c(F)c1)N(C)C(=O)CNC(=O)c1cccs1. The summed E-state index contributed by atoms with van der Waals surface area (Å²) in [5.74, 6) is -2.53. The van der Waals surface area contributed by atoms with E-state index in [0.29, 0.717) is 10.4 Å². The topological polar surface area (TPSA) is 49.4 Å². The number of hydrogen-bond donors (Lipinski definition) is 1. The van der Waals surface area contributed by atoms with E-state index in [4.69, 9.17) is 0 Å². The highest BCUT2D eigenvalue weighted by atomic mass is 32.1. The van der Waals surface area contributed by atoms with Gasteiger partial charge in [0.15, 0.2) is 11.6 Å². The first-order valence-electron chi connectivity index (χ1n) is 6.92. The maximum Gasteiger partial charge on any atom is 0.261 e. The molecule has 4 nitrogen and oxygen atoms in total.